The first-order valence-electron chi connectivity index (χ1n) is 5.53. The van der Waals surface area contributed by atoms with Gasteiger partial charge in [-0.2, -0.15) is 13.2 Å². The van der Waals surface area contributed by atoms with E-state index in [0.29, 0.717) is 4.90 Å². The van der Waals surface area contributed by atoms with Gasteiger partial charge < -0.3 is 20.1 Å². The van der Waals surface area contributed by atoms with E-state index >= 15 is 0 Å². The fraction of sp³-hybridized carbons (Fsp3) is 0.800. The summed E-state index contributed by atoms with van der Waals surface area (Å²) < 4.78 is 41.3. The van der Waals surface area contributed by atoms with Gasteiger partial charge in [-0.3, -0.25) is 4.79 Å². The number of ether oxygens (including phenoxy) is 1. The van der Waals surface area contributed by atoms with Crippen LogP contribution in [-0.2, 0) is 9.53 Å². The molecule has 0 radical (unpaired) electrons. The van der Waals surface area contributed by atoms with Crippen LogP contribution in [0.4, 0.5) is 18.0 Å². The molecule has 2 amide bonds. The third kappa shape index (κ3) is 8.25. The van der Waals surface area contributed by atoms with Crippen molar-refractivity contribution >= 4 is 12.0 Å². The standard InChI is InChI=1S/C10H17F3N2O4/c1-3-15(6-10(11,12)13)9(18)14-5-7(19-2)4-8(16)17/h7H,3-6H2,1-2H3,(H,14,18)(H,16,17). The van der Waals surface area contributed by atoms with Crippen molar-refractivity contribution in [2.75, 3.05) is 26.7 Å². The zero-order chi connectivity index (χ0) is 15.1. The van der Waals surface area contributed by atoms with E-state index in [0.717, 1.165) is 0 Å². The molecule has 0 saturated heterocycles. The average molecular weight is 286 g/mol. The smallest absolute Gasteiger partial charge is 0.406 e. The molecule has 0 heterocycles. The molecule has 2 N–H and O–H groups in total. The van der Waals surface area contributed by atoms with Gasteiger partial charge in [0.15, 0.2) is 0 Å². The van der Waals surface area contributed by atoms with E-state index in [1.54, 1.807) is 0 Å². The van der Waals surface area contributed by atoms with Gasteiger partial charge in [0, 0.05) is 20.2 Å². The highest BCUT2D eigenvalue weighted by Gasteiger charge is 2.32. The Balaban J connectivity index is 4.29. The van der Waals surface area contributed by atoms with E-state index < -0.39 is 30.8 Å². The number of hydrogen-bond donors (Lipinski definition) is 2. The molecule has 0 saturated carbocycles. The van der Waals surface area contributed by atoms with E-state index in [9.17, 15) is 22.8 Å². The number of hydrogen-bond acceptors (Lipinski definition) is 3. The van der Waals surface area contributed by atoms with E-state index in [1.807, 2.05) is 0 Å². The topological polar surface area (TPSA) is 78.9 Å². The second-order valence-corrected chi connectivity index (χ2v) is 3.77. The molecule has 0 bridgehead atoms. The number of aliphatic carboxylic acids is 1. The number of halogens is 3. The minimum Gasteiger partial charge on any atom is -0.481 e. The van der Waals surface area contributed by atoms with E-state index in [-0.39, 0.29) is 19.5 Å². The summed E-state index contributed by atoms with van der Waals surface area (Å²) in [6.45, 7) is -0.222. The van der Waals surface area contributed by atoms with Gasteiger partial charge in [0.2, 0.25) is 0 Å². The lowest BCUT2D eigenvalue weighted by Gasteiger charge is -2.23. The number of carboxylic acids is 1. The van der Waals surface area contributed by atoms with Crippen LogP contribution in [0.25, 0.3) is 0 Å². The molecule has 1 unspecified atom stereocenters. The minimum absolute atomic E-state index is 0.109. The number of rotatable bonds is 7. The second kappa shape index (κ2) is 7.82. The summed E-state index contributed by atoms with van der Waals surface area (Å²) in [5.74, 6) is -1.12. The van der Waals surface area contributed by atoms with Gasteiger partial charge in [0.05, 0.1) is 12.5 Å². The second-order valence-electron chi connectivity index (χ2n) is 3.77. The fourth-order valence-electron chi connectivity index (χ4n) is 1.29. The van der Waals surface area contributed by atoms with Crippen LogP contribution < -0.4 is 5.32 Å². The van der Waals surface area contributed by atoms with Crippen molar-refractivity contribution in [1.82, 2.24) is 10.2 Å². The van der Waals surface area contributed by atoms with Crippen molar-refractivity contribution < 1.29 is 32.6 Å². The Hall–Kier alpha value is -1.51. The molecule has 0 aromatic heterocycles. The third-order valence-electron chi connectivity index (χ3n) is 2.26. The highest BCUT2D eigenvalue weighted by atomic mass is 19.4. The number of methoxy groups -OCH3 is 1. The van der Waals surface area contributed by atoms with Crippen molar-refractivity contribution in [3.63, 3.8) is 0 Å². The van der Waals surface area contributed by atoms with Gasteiger partial charge in [0.1, 0.15) is 6.54 Å². The van der Waals surface area contributed by atoms with Crippen LogP contribution in [0.5, 0.6) is 0 Å². The summed E-state index contributed by atoms with van der Waals surface area (Å²) >= 11 is 0. The Morgan fingerprint density at radius 3 is 2.37 bits per heavy atom. The number of amides is 2. The fourth-order valence-corrected chi connectivity index (χ4v) is 1.29. The summed E-state index contributed by atoms with van der Waals surface area (Å²) in [5, 5.41) is 10.7. The zero-order valence-electron chi connectivity index (χ0n) is 10.7. The molecule has 0 aromatic carbocycles. The molecule has 0 fully saturated rings. The number of carboxylic acid groups (broad SMARTS) is 1. The first-order chi connectivity index (χ1) is 8.69. The van der Waals surface area contributed by atoms with Crippen LogP contribution in [0.3, 0.4) is 0 Å². The minimum atomic E-state index is -4.48. The van der Waals surface area contributed by atoms with E-state index in [1.165, 1.54) is 14.0 Å². The Bertz CT molecular complexity index is 310. The quantitative estimate of drug-likeness (QED) is 0.733. The van der Waals surface area contributed by atoms with Gasteiger partial charge >= 0.3 is 18.2 Å². The Morgan fingerprint density at radius 1 is 1.42 bits per heavy atom. The van der Waals surface area contributed by atoms with E-state index in [2.05, 4.69) is 5.32 Å². The summed E-state index contributed by atoms with van der Waals surface area (Å²) in [4.78, 5) is 22.5. The SMILES string of the molecule is CCN(CC(F)(F)F)C(=O)NCC(CC(=O)O)OC. The molecule has 19 heavy (non-hydrogen) atoms. The molecule has 9 heteroatoms. The van der Waals surface area contributed by atoms with Crippen LogP contribution in [0.2, 0.25) is 0 Å². The molecule has 6 nitrogen and oxygen atoms in total. The van der Waals surface area contributed by atoms with Crippen molar-refractivity contribution in [2.45, 2.75) is 25.6 Å². The summed E-state index contributed by atoms with van der Waals surface area (Å²) in [6.07, 6.45) is -5.61. The van der Waals surface area contributed by atoms with Crippen LogP contribution >= 0.6 is 0 Å². The van der Waals surface area contributed by atoms with Crippen LogP contribution in [0.15, 0.2) is 0 Å². The van der Waals surface area contributed by atoms with Crippen molar-refractivity contribution in [3.05, 3.63) is 0 Å². The van der Waals surface area contributed by atoms with Gasteiger partial charge in [-0.25, -0.2) is 4.79 Å². The average Bonchev–Trinajstić information content (AvgIpc) is 2.29. The monoisotopic (exact) mass is 286 g/mol. The van der Waals surface area contributed by atoms with Crippen molar-refractivity contribution in [1.29, 1.82) is 0 Å². The van der Waals surface area contributed by atoms with Gasteiger partial charge in [0.25, 0.3) is 0 Å². The summed E-state index contributed by atoms with van der Waals surface area (Å²) in [6, 6.07) is -0.910. The lowest BCUT2D eigenvalue weighted by Crippen LogP contribution is -2.47. The third-order valence-corrected chi connectivity index (χ3v) is 2.26. The number of nitrogens with zero attached hydrogens (tertiary/aromatic N) is 1. The molecule has 0 spiro atoms. The number of carbonyl (C=O) groups is 2. The zero-order valence-corrected chi connectivity index (χ0v) is 10.7. The normalized spacial score (nSPS) is 12.9. The highest BCUT2D eigenvalue weighted by molar-refractivity contribution is 5.74. The lowest BCUT2D eigenvalue weighted by atomic mass is 10.2. The molecule has 0 aliphatic heterocycles. The number of urea groups is 1. The maximum absolute atomic E-state index is 12.2. The molecule has 0 aliphatic carbocycles. The predicted molar refractivity (Wildman–Crippen MR) is 59.8 cm³/mol. The van der Waals surface area contributed by atoms with Gasteiger partial charge in [-0.15, -0.1) is 0 Å². The molecule has 0 aliphatic rings. The Labute approximate surface area is 108 Å². The van der Waals surface area contributed by atoms with Crippen LogP contribution in [0.1, 0.15) is 13.3 Å². The summed E-state index contributed by atoms with van der Waals surface area (Å²) in [7, 11) is 1.26. The van der Waals surface area contributed by atoms with Gasteiger partial charge in [-0.1, -0.05) is 0 Å². The van der Waals surface area contributed by atoms with Crippen molar-refractivity contribution in [2.24, 2.45) is 0 Å². The van der Waals surface area contributed by atoms with E-state index in [4.69, 9.17) is 9.84 Å². The Morgan fingerprint density at radius 2 is 2.00 bits per heavy atom. The first kappa shape index (κ1) is 17.5. The lowest BCUT2D eigenvalue weighted by molar-refractivity contribution is -0.139. The summed E-state index contributed by atoms with van der Waals surface area (Å²) in [5.41, 5.74) is 0. The van der Waals surface area contributed by atoms with Gasteiger partial charge in [-0.05, 0) is 6.92 Å². The molecule has 1 atom stereocenters. The van der Waals surface area contributed by atoms with Crippen LogP contribution in [0, 0.1) is 0 Å². The largest absolute Gasteiger partial charge is 0.481 e. The van der Waals surface area contributed by atoms with Crippen molar-refractivity contribution in [3.8, 4) is 0 Å². The van der Waals surface area contributed by atoms with Crippen LogP contribution in [-0.4, -0.2) is 61.0 Å². The molecule has 0 aromatic rings. The number of alkyl halides is 3. The molecular formula is C10H17F3N2O4. The highest BCUT2D eigenvalue weighted by Crippen LogP contribution is 2.16. The maximum atomic E-state index is 12.2. The first-order valence-corrected chi connectivity index (χ1v) is 5.53. The molecule has 112 valence electrons. The number of carbonyl (C=O) groups excluding carboxylic acids is 1. The predicted octanol–water partition coefficient (Wildman–Crippen LogP) is 1.07. The molecule has 0 rings (SSSR count). The maximum Gasteiger partial charge on any atom is 0.406 e. The number of nitrogens with one attached hydrogen (secondary N) is 1. The Kier molecular flexibility index (Phi) is 7.20. The molecular weight excluding hydrogens is 269 g/mol.